The number of benzene rings is 4. The molecule has 4 aromatic carbocycles. The molecule has 2 amide bonds. The number of para-hydroxylation sites is 1. The molecule has 0 radical (unpaired) electrons. The Labute approximate surface area is 247 Å². The van der Waals surface area contributed by atoms with Gasteiger partial charge in [0.2, 0.25) is 0 Å². The Morgan fingerprint density at radius 1 is 0.833 bits per heavy atom. The summed E-state index contributed by atoms with van der Waals surface area (Å²) < 4.78 is 5.21. The number of anilines is 4. The Bertz CT molecular complexity index is 1930. The van der Waals surface area contributed by atoms with Gasteiger partial charge in [0.1, 0.15) is 22.4 Å². The van der Waals surface area contributed by atoms with Crippen molar-refractivity contribution in [1.82, 2.24) is 0 Å². The van der Waals surface area contributed by atoms with Crippen LogP contribution in [0.25, 0.3) is 16.8 Å². The van der Waals surface area contributed by atoms with Crippen LogP contribution in [0.4, 0.5) is 22.1 Å². The molecule has 6 nitrogen and oxygen atoms in total. The summed E-state index contributed by atoms with van der Waals surface area (Å²) >= 11 is 1.52. The molecular formula is C35H25N3O3S. The molecular weight excluding hydrogens is 542 g/mol. The van der Waals surface area contributed by atoms with Crippen LogP contribution in [0.3, 0.4) is 0 Å². The maximum absolute atomic E-state index is 13.8. The second-order valence-corrected chi connectivity index (χ2v) is 10.8. The van der Waals surface area contributed by atoms with E-state index in [1.54, 1.807) is 44.4 Å². The summed E-state index contributed by atoms with van der Waals surface area (Å²) in [6.45, 7) is 1.65. The fourth-order valence-corrected chi connectivity index (χ4v) is 6.08. The third-order valence-electron chi connectivity index (χ3n) is 7.21. The molecule has 1 aromatic heterocycles. The lowest BCUT2D eigenvalue weighted by atomic mass is 9.94. The summed E-state index contributed by atoms with van der Waals surface area (Å²) in [5.41, 5.74) is 3.01. The molecule has 1 aliphatic rings. The Morgan fingerprint density at radius 2 is 1.55 bits per heavy atom. The zero-order valence-corrected chi connectivity index (χ0v) is 23.8. The first kappa shape index (κ1) is 26.8. The van der Waals surface area contributed by atoms with E-state index >= 15 is 0 Å². The fourth-order valence-electron chi connectivity index (χ4n) is 5.10. The molecule has 2 heterocycles. The van der Waals surface area contributed by atoms with Crippen molar-refractivity contribution in [3.8, 4) is 11.8 Å². The molecule has 0 spiro atoms. The second-order valence-electron chi connectivity index (χ2n) is 9.66. The standard InChI is InChI=1S/C35H25N3O3S/c1-23-30(34(39)38(35(40)31(23)22-36)26-15-17-27(41-2)18-16-26)21-28-19-20-33(42-28)37(25-11-4-3-5-12-25)32-14-8-10-24-9-6-7-13-29(24)32/h3-21H,1-2H3/b30-21+. The van der Waals surface area contributed by atoms with Gasteiger partial charge < -0.3 is 9.64 Å². The smallest absolute Gasteiger partial charge is 0.276 e. The van der Waals surface area contributed by atoms with Crippen molar-refractivity contribution < 1.29 is 14.3 Å². The van der Waals surface area contributed by atoms with Crippen molar-refractivity contribution >= 4 is 62.1 Å². The minimum Gasteiger partial charge on any atom is -0.497 e. The summed E-state index contributed by atoms with van der Waals surface area (Å²) in [5.74, 6) is -0.523. The van der Waals surface area contributed by atoms with Crippen molar-refractivity contribution in [1.29, 1.82) is 5.26 Å². The number of nitriles is 1. The monoisotopic (exact) mass is 567 g/mol. The number of rotatable bonds is 6. The van der Waals surface area contributed by atoms with E-state index in [2.05, 4.69) is 41.3 Å². The Hall–Kier alpha value is -5.45. The number of hydrogen-bond acceptors (Lipinski definition) is 6. The SMILES string of the molecule is COc1ccc(N2C(=O)C(C#N)=C(C)/C(=C\c3ccc(N(c4ccccc4)c4cccc5ccccc45)s3)C2=O)cc1. The van der Waals surface area contributed by atoms with Crippen molar-refractivity contribution in [2.24, 2.45) is 0 Å². The minimum atomic E-state index is -0.639. The van der Waals surface area contributed by atoms with Crippen LogP contribution in [0.2, 0.25) is 0 Å². The minimum absolute atomic E-state index is 0.0601. The number of imide groups is 1. The van der Waals surface area contributed by atoms with Crippen LogP contribution in [0.5, 0.6) is 5.75 Å². The molecule has 204 valence electrons. The van der Waals surface area contributed by atoms with E-state index in [1.807, 2.05) is 54.6 Å². The number of carbonyl (C=O) groups is 2. The van der Waals surface area contributed by atoms with Crippen molar-refractivity contribution in [3.63, 3.8) is 0 Å². The van der Waals surface area contributed by atoms with Gasteiger partial charge in [-0.15, -0.1) is 11.3 Å². The molecule has 0 saturated heterocycles. The van der Waals surface area contributed by atoms with Crippen LogP contribution < -0.4 is 14.5 Å². The number of ether oxygens (including phenoxy) is 1. The largest absolute Gasteiger partial charge is 0.497 e. The molecule has 0 bridgehead atoms. The number of thiophene rings is 1. The topological polar surface area (TPSA) is 73.6 Å². The maximum atomic E-state index is 13.8. The first-order valence-electron chi connectivity index (χ1n) is 13.3. The van der Waals surface area contributed by atoms with E-state index in [-0.39, 0.29) is 5.57 Å². The van der Waals surface area contributed by atoms with E-state index in [0.29, 0.717) is 22.6 Å². The van der Waals surface area contributed by atoms with Crippen molar-refractivity contribution in [2.45, 2.75) is 6.92 Å². The zero-order chi connectivity index (χ0) is 29.2. The first-order chi connectivity index (χ1) is 20.5. The number of carbonyl (C=O) groups excluding carboxylic acids is 2. The van der Waals surface area contributed by atoms with Gasteiger partial charge in [0, 0.05) is 21.5 Å². The van der Waals surface area contributed by atoms with Gasteiger partial charge in [0.15, 0.2) is 0 Å². The van der Waals surface area contributed by atoms with Crippen molar-refractivity contribution in [3.05, 3.63) is 131 Å². The number of amides is 2. The Balaban J connectivity index is 1.44. The third-order valence-corrected chi connectivity index (χ3v) is 8.23. The predicted octanol–water partition coefficient (Wildman–Crippen LogP) is 8.18. The Morgan fingerprint density at radius 3 is 2.29 bits per heavy atom. The molecule has 42 heavy (non-hydrogen) atoms. The first-order valence-corrected chi connectivity index (χ1v) is 14.1. The molecule has 0 unspecified atom stereocenters. The summed E-state index contributed by atoms with van der Waals surface area (Å²) in [5, 5.41) is 13.1. The lowest BCUT2D eigenvalue weighted by Crippen LogP contribution is -2.42. The summed E-state index contributed by atoms with van der Waals surface area (Å²) in [6.07, 6.45) is 1.76. The number of methoxy groups -OCH3 is 1. The molecule has 0 saturated carbocycles. The lowest BCUT2D eigenvalue weighted by Gasteiger charge is -2.27. The normalized spacial score (nSPS) is 14.4. The van der Waals surface area contributed by atoms with Gasteiger partial charge in [0.25, 0.3) is 11.8 Å². The molecule has 5 aromatic rings. The summed E-state index contributed by atoms with van der Waals surface area (Å²) in [4.78, 5) is 31.0. The van der Waals surface area contributed by atoms with Gasteiger partial charge in [0.05, 0.1) is 18.5 Å². The van der Waals surface area contributed by atoms with Crippen LogP contribution in [-0.2, 0) is 9.59 Å². The molecule has 0 atom stereocenters. The molecule has 1 aliphatic heterocycles. The highest BCUT2D eigenvalue weighted by atomic mass is 32.1. The third kappa shape index (κ3) is 4.74. The highest BCUT2D eigenvalue weighted by Gasteiger charge is 2.36. The van der Waals surface area contributed by atoms with Crippen LogP contribution >= 0.6 is 11.3 Å². The molecule has 0 N–H and O–H groups in total. The average Bonchev–Trinajstić information content (AvgIpc) is 3.49. The number of hydrogen-bond donors (Lipinski definition) is 0. The van der Waals surface area contributed by atoms with Crippen LogP contribution in [0, 0.1) is 11.3 Å². The highest BCUT2D eigenvalue weighted by molar-refractivity contribution is 7.17. The van der Waals surface area contributed by atoms with Gasteiger partial charge >= 0.3 is 0 Å². The molecule has 0 aliphatic carbocycles. The van der Waals surface area contributed by atoms with E-state index in [4.69, 9.17) is 4.74 Å². The average molecular weight is 568 g/mol. The zero-order valence-electron chi connectivity index (χ0n) is 22.9. The van der Waals surface area contributed by atoms with Gasteiger partial charge in [-0.1, -0.05) is 54.6 Å². The number of fused-ring (bicyclic) bond motifs is 1. The number of nitrogens with zero attached hydrogens (tertiary/aromatic N) is 3. The van der Waals surface area contributed by atoms with E-state index < -0.39 is 11.8 Å². The van der Waals surface area contributed by atoms with Crippen LogP contribution in [0.15, 0.2) is 126 Å². The fraction of sp³-hybridized carbons (Fsp3) is 0.0571. The summed E-state index contributed by atoms with van der Waals surface area (Å²) in [6, 6.07) is 37.2. The highest BCUT2D eigenvalue weighted by Crippen LogP contribution is 2.42. The quantitative estimate of drug-likeness (QED) is 0.153. The van der Waals surface area contributed by atoms with E-state index in [0.717, 1.165) is 36.9 Å². The molecule has 0 fully saturated rings. The van der Waals surface area contributed by atoms with Gasteiger partial charge in [-0.2, -0.15) is 5.26 Å². The van der Waals surface area contributed by atoms with E-state index in [9.17, 15) is 14.9 Å². The maximum Gasteiger partial charge on any atom is 0.276 e. The second kappa shape index (κ2) is 11.2. The van der Waals surface area contributed by atoms with Gasteiger partial charge in [-0.25, -0.2) is 4.90 Å². The predicted molar refractivity (Wildman–Crippen MR) is 168 cm³/mol. The van der Waals surface area contributed by atoms with Gasteiger partial charge in [-0.3, -0.25) is 9.59 Å². The van der Waals surface area contributed by atoms with E-state index in [1.165, 1.54) is 11.3 Å². The molecule has 6 rings (SSSR count). The van der Waals surface area contributed by atoms with Gasteiger partial charge in [-0.05, 0) is 78.6 Å². The van der Waals surface area contributed by atoms with Crippen molar-refractivity contribution in [2.75, 3.05) is 16.9 Å². The summed E-state index contributed by atoms with van der Waals surface area (Å²) in [7, 11) is 1.54. The Kier molecular flexibility index (Phi) is 7.14. The van der Waals surface area contributed by atoms with Crippen LogP contribution in [0.1, 0.15) is 11.8 Å². The lowest BCUT2D eigenvalue weighted by molar-refractivity contribution is -0.122. The van der Waals surface area contributed by atoms with Crippen LogP contribution in [-0.4, -0.2) is 18.9 Å². The molecule has 7 heteroatoms.